The lowest BCUT2D eigenvalue weighted by Gasteiger charge is -2.21. The number of nitrogens with two attached hydrogens (primary N) is 1. The number of carbonyl (C=O) groups excluding carboxylic acids is 1. The number of nitrogens with zero attached hydrogens (tertiary/aromatic N) is 1. The summed E-state index contributed by atoms with van der Waals surface area (Å²) in [6.07, 6.45) is 0.259. The van der Waals surface area contributed by atoms with E-state index >= 15 is 0 Å². The van der Waals surface area contributed by atoms with E-state index in [1.807, 2.05) is 44.2 Å². The Kier molecular flexibility index (Phi) is 5.36. The van der Waals surface area contributed by atoms with Crippen LogP contribution in [0.2, 0.25) is 0 Å². The maximum Gasteiger partial charge on any atom is 0.238 e. The van der Waals surface area contributed by atoms with E-state index in [-0.39, 0.29) is 24.4 Å². The summed E-state index contributed by atoms with van der Waals surface area (Å²) in [4.78, 5) is 13.7. The molecule has 2 rings (SSSR count). The molecule has 0 aliphatic rings. The zero-order valence-electron chi connectivity index (χ0n) is 13.3. The predicted octanol–water partition coefficient (Wildman–Crippen LogP) is 2.94. The highest BCUT2D eigenvalue weighted by Crippen LogP contribution is 2.21. The molecule has 0 unspecified atom stereocenters. The highest BCUT2D eigenvalue weighted by molar-refractivity contribution is 6.15. The van der Waals surface area contributed by atoms with Gasteiger partial charge < -0.3 is 10.5 Å². The molecule has 0 spiro atoms. The molecule has 5 nitrogen and oxygen atoms in total. The minimum atomic E-state index is -0.302. The molecule has 2 aromatic rings. The highest BCUT2D eigenvalue weighted by Gasteiger charge is 2.19. The molecule has 0 fully saturated rings. The van der Waals surface area contributed by atoms with E-state index < -0.39 is 0 Å². The summed E-state index contributed by atoms with van der Waals surface area (Å²) in [7, 11) is 0. The number of anilines is 1. The molecule has 0 bridgehead atoms. The van der Waals surface area contributed by atoms with Gasteiger partial charge in [0.25, 0.3) is 0 Å². The molecule has 0 heterocycles. The molecule has 23 heavy (non-hydrogen) atoms. The van der Waals surface area contributed by atoms with Crippen LogP contribution in [0.1, 0.15) is 19.4 Å². The minimum Gasteiger partial charge on any atom is -0.491 e. The van der Waals surface area contributed by atoms with Gasteiger partial charge in [0.1, 0.15) is 5.75 Å². The van der Waals surface area contributed by atoms with Crippen LogP contribution in [0, 0.1) is 5.41 Å². The SMILES string of the molecule is CC(C)Oc1ccc(N(C(=N)N)C(=O)Cc2ccccc2)cc1. The number of hydrogen-bond acceptors (Lipinski definition) is 3. The molecule has 0 aliphatic heterocycles. The van der Waals surface area contributed by atoms with Crippen molar-refractivity contribution in [1.82, 2.24) is 0 Å². The molecule has 0 radical (unpaired) electrons. The van der Waals surface area contributed by atoms with Gasteiger partial charge >= 0.3 is 0 Å². The normalized spacial score (nSPS) is 10.4. The fourth-order valence-corrected chi connectivity index (χ4v) is 2.21. The first kappa shape index (κ1) is 16.5. The third kappa shape index (κ3) is 4.57. The molecule has 0 aliphatic carbocycles. The van der Waals surface area contributed by atoms with Gasteiger partial charge in [0, 0.05) is 0 Å². The predicted molar refractivity (Wildman–Crippen MR) is 91.8 cm³/mol. The summed E-state index contributed by atoms with van der Waals surface area (Å²) < 4.78 is 5.58. The molecule has 0 atom stereocenters. The third-order valence-electron chi connectivity index (χ3n) is 3.16. The highest BCUT2D eigenvalue weighted by atomic mass is 16.5. The Labute approximate surface area is 136 Å². The number of guanidine groups is 1. The molecule has 2 aromatic carbocycles. The first-order valence-corrected chi connectivity index (χ1v) is 7.45. The number of benzene rings is 2. The Morgan fingerprint density at radius 2 is 1.74 bits per heavy atom. The topological polar surface area (TPSA) is 79.4 Å². The standard InChI is InChI=1S/C18H21N3O2/c1-13(2)23-16-10-8-15(9-11-16)21(18(19)20)17(22)12-14-6-4-3-5-7-14/h3-11,13H,12H2,1-2H3,(H3,19,20). The number of nitrogens with one attached hydrogen (secondary N) is 1. The monoisotopic (exact) mass is 311 g/mol. The van der Waals surface area contributed by atoms with E-state index in [0.29, 0.717) is 11.4 Å². The summed E-state index contributed by atoms with van der Waals surface area (Å²) in [6.45, 7) is 3.89. The molecule has 1 amide bonds. The van der Waals surface area contributed by atoms with Gasteiger partial charge in [-0.2, -0.15) is 0 Å². The second-order valence-electron chi connectivity index (χ2n) is 5.44. The molecule has 0 saturated heterocycles. The zero-order valence-corrected chi connectivity index (χ0v) is 13.3. The van der Waals surface area contributed by atoms with E-state index in [1.54, 1.807) is 24.3 Å². The Hall–Kier alpha value is -2.82. The van der Waals surface area contributed by atoms with Gasteiger partial charge in [0.05, 0.1) is 18.2 Å². The van der Waals surface area contributed by atoms with Gasteiger partial charge in [-0.15, -0.1) is 0 Å². The molecular formula is C18H21N3O2. The van der Waals surface area contributed by atoms with E-state index in [2.05, 4.69) is 0 Å². The maximum absolute atomic E-state index is 12.5. The summed E-state index contributed by atoms with van der Waals surface area (Å²) in [5.41, 5.74) is 7.03. The summed E-state index contributed by atoms with van der Waals surface area (Å²) in [6, 6.07) is 16.4. The maximum atomic E-state index is 12.5. The summed E-state index contributed by atoms with van der Waals surface area (Å²) in [5.74, 6) is 0.160. The van der Waals surface area contributed by atoms with Crippen molar-refractivity contribution in [1.29, 1.82) is 5.41 Å². The number of rotatable bonds is 5. The second kappa shape index (κ2) is 7.45. The van der Waals surface area contributed by atoms with Gasteiger partial charge in [-0.1, -0.05) is 30.3 Å². The lowest BCUT2D eigenvalue weighted by atomic mass is 10.1. The Balaban J connectivity index is 2.17. The first-order valence-electron chi connectivity index (χ1n) is 7.45. The first-order chi connectivity index (χ1) is 11.0. The lowest BCUT2D eigenvalue weighted by molar-refractivity contribution is -0.117. The van der Waals surface area contributed by atoms with Crippen LogP contribution >= 0.6 is 0 Å². The molecular weight excluding hydrogens is 290 g/mol. The zero-order chi connectivity index (χ0) is 16.8. The van der Waals surface area contributed by atoms with Gasteiger partial charge in [-0.05, 0) is 43.7 Å². The molecule has 0 saturated carbocycles. The van der Waals surface area contributed by atoms with Gasteiger partial charge in [-0.3, -0.25) is 15.1 Å². The molecule has 5 heteroatoms. The van der Waals surface area contributed by atoms with Crippen molar-refractivity contribution in [2.24, 2.45) is 5.73 Å². The van der Waals surface area contributed by atoms with Crippen LogP contribution in [-0.4, -0.2) is 18.0 Å². The summed E-state index contributed by atoms with van der Waals surface area (Å²) >= 11 is 0. The van der Waals surface area contributed by atoms with Crippen molar-refractivity contribution in [3.8, 4) is 5.75 Å². The van der Waals surface area contributed by atoms with Crippen molar-refractivity contribution in [3.05, 3.63) is 60.2 Å². The summed E-state index contributed by atoms with van der Waals surface area (Å²) in [5, 5.41) is 7.70. The van der Waals surface area contributed by atoms with Crippen LogP contribution in [0.25, 0.3) is 0 Å². The molecule has 0 aromatic heterocycles. The quantitative estimate of drug-likeness (QED) is 0.658. The van der Waals surface area contributed by atoms with Crippen molar-refractivity contribution in [2.75, 3.05) is 4.90 Å². The third-order valence-corrected chi connectivity index (χ3v) is 3.16. The van der Waals surface area contributed by atoms with Crippen LogP contribution in [0.4, 0.5) is 5.69 Å². The van der Waals surface area contributed by atoms with Crippen molar-refractivity contribution < 1.29 is 9.53 Å². The van der Waals surface area contributed by atoms with Gasteiger partial charge in [0.15, 0.2) is 5.96 Å². The molecule has 3 N–H and O–H groups in total. The molecule has 120 valence electrons. The minimum absolute atomic E-state index is 0.0736. The van der Waals surface area contributed by atoms with Crippen molar-refractivity contribution >= 4 is 17.6 Å². The van der Waals surface area contributed by atoms with E-state index in [9.17, 15) is 4.79 Å². The number of ether oxygens (including phenoxy) is 1. The number of amides is 1. The number of hydrogen-bond donors (Lipinski definition) is 2. The Morgan fingerprint density at radius 1 is 1.13 bits per heavy atom. The number of carbonyl (C=O) groups is 1. The van der Waals surface area contributed by atoms with E-state index in [1.165, 1.54) is 4.90 Å². The fourth-order valence-electron chi connectivity index (χ4n) is 2.21. The Bertz CT molecular complexity index is 666. The second-order valence-corrected chi connectivity index (χ2v) is 5.44. The average Bonchev–Trinajstić information content (AvgIpc) is 2.49. The lowest BCUT2D eigenvalue weighted by Crippen LogP contribution is -2.42. The van der Waals surface area contributed by atoms with Crippen molar-refractivity contribution in [3.63, 3.8) is 0 Å². The van der Waals surface area contributed by atoms with Crippen LogP contribution in [-0.2, 0) is 11.2 Å². The Morgan fingerprint density at radius 3 is 2.26 bits per heavy atom. The van der Waals surface area contributed by atoms with Crippen LogP contribution < -0.4 is 15.4 Å². The largest absolute Gasteiger partial charge is 0.491 e. The van der Waals surface area contributed by atoms with Crippen LogP contribution in [0.5, 0.6) is 5.75 Å². The van der Waals surface area contributed by atoms with Crippen LogP contribution in [0.15, 0.2) is 54.6 Å². The van der Waals surface area contributed by atoms with Crippen molar-refractivity contribution in [2.45, 2.75) is 26.4 Å². The van der Waals surface area contributed by atoms with Crippen LogP contribution in [0.3, 0.4) is 0 Å². The smallest absolute Gasteiger partial charge is 0.238 e. The van der Waals surface area contributed by atoms with E-state index in [4.69, 9.17) is 15.9 Å². The fraction of sp³-hybridized carbons (Fsp3) is 0.222. The van der Waals surface area contributed by atoms with Gasteiger partial charge in [0.2, 0.25) is 5.91 Å². The average molecular weight is 311 g/mol. The van der Waals surface area contributed by atoms with E-state index in [0.717, 1.165) is 5.56 Å². The van der Waals surface area contributed by atoms with Gasteiger partial charge in [-0.25, -0.2) is 0 Å².